The summed E-state index contributed by atoms with van der Waals surface area (Å²) in [6.45, 7) is 0. The normalized spacial score (nSPS) is 11.5. The Morgan fingerprint density at radius 3 is 1.25 bits per heavy atom. The molecule has 4 heteroatoms. The Kier molecular flexibility index (Phi) is 7.43. The van der Waals surface area contributed by atoms with Crippen LogP contribution in [0.4, 0.5) is 0 Å². The molecule has 1 aliphatic heterocycles. The topological polar surface area (TPSA) is 47.9 Å². The van der Waals surface area contributed by atoms with Crippen molar-refractivity contribution in [3.05, 3.63) is 188 Å². The van der Waals surface area contributed by atoms with Gasteiger partial charge >= 0.3 is 0 Å². The Morgan fingerprint density at radius 2 is 0.698 bits per heavy atom. The fourth-order valence-electron chi connectivity index (χ4n) is 7.20. The van der Waals surface area contributed by atoms with E-state index in [0.29, 0.717) is 17.5 Å². The Balaban J connectivity index is 0.945. The summed E-state index contributed by atoms with van der Waals surface area (Å²) in [5, 5.41) is 2.36. The second-order valence-corrected chi connectivity index (χ2v) is 13.2. The third kappa shape index (κ3) is 5.73. The molecule has 0 spiro atoms. The van der Waals surface area contributed by atoms with Crippen molar-refractivity contribution in [2.45, 2.75) is 0 Å². The van der Waals surface area contributed by atoms with E-state index in [9.17, 15) is 0 Å². The molecule has 2 heterocycles. The van der Waals surface area contributed by atoms with Gasteiger partial charge < -0.3 is 4.74 Å². The van der Waals surface area contributed by atoms with E-state index in [0.717, 1.165) is 61.6 Å². The van der Waals surface area contributed by atoms with Crippen LogP contribution in [0.2, 0.25) is 0 Å². The molecular weight excluding hydrogens is 647 g/mol. The van der Waals surface area contributed by atoms with Gasteiger partial charge in [-0.2, -0.15) is 0 Å². The van der Waals surface area contributed by atoms with Crippen molar-refractivity contribution in [3.63, 3.8) is 0 Å². The van der Waals surface area contributed by atoms with Crippen molar-refractivity contribution in [1.82, 2.24) is 15.0 Å². The molecule has 1 aliphatic rings. The van der Waals surface area contributed by atoms with Gasteiger partial charge in [-0.25, -0.2) is 15.0 Å². The van der Waals surface area contributed by atoms with Gasteiger partial charge in [-0.1, -0.05) is 170 Å². The summed E-state index contributed by atoms with van der Waals surface area (Å²) in [6, 6.07) is 65.2. The van der Waals surface area contributed by atoms with Crippen molar-refractivity contribution >= 4 is 10.8 Å². The van der Waals surface area contributed by atoms with Crippen LogP contribution in [0, 0.1) is 0 Å². The lowest BCUT2D eigenvalue weighted by atomic mass is 9.92. The molecule has 0 unspecified atom stereocenters. The van der Waals surface area contributed by atoms with Gasteiger partial charge in [-0.3, -0.25) is 0 Å². The number of hydrogen-bond donors (Lipinski definition) is 0. The zero-order valence-corrected chi connectivity index (χ0v) is 28.6. The van der Waals surface area contributed by atoms with Crippen LogP contribution in [0.1, 0.15) is 0 Å². The lowest BCUT2D eigenvalue weighted by molar-refractivity contribution is 0.487. The molecule has 0 fully saturated rings. The first-order chi connectivity index (χ1) is 26.2. The first kappa shape index (κ1) is 30.6. The lowest BCUT2D eigenvalue weighted by Gasteiger charge is -2.22. The number of rotatable bonds is 6. The molecule has 4 nitrogen and oxygen atoms in total. The van der Waals surface area contributed by atoms with Crippen LogP contribution in [0.15, 0.2) is 188 Å². The van der Waals surface area contributed by atoms with Gasteiger partial charge in [0.25, 0.3) is 0 Å². The summed E-state index contributed by atoms with van der Waals surface area (Å²) in [6.07, 6.45) is 0. The van der Waals surface area contributed by atoms with Crippen LogP contribution in [0.25, 0.3) is 89.4 Å². The third-order valence-corrected chi connectivity index (χ3v) is 9.97. The maximum absolute atomic E-state index is 6.32. The number of benzene rings is 8. The summed E-state index contributed by atoms with van der Waals surface area (Å²) in [7, 11) is 0. The highest BCUT2D eigenvalue weighted by atomic mass is 16.5. The van der Waals surface area contributed by atoms with E-state index in [1.807, 2.05) is 48.5 Å². The van der Waals surface area contributed by atoms with E-state index in [1.165, 1.54) is 21.9 Å². The molecule has 0 bridgehead atoms. The quantitative estimate of drug-likeness (QED) is 0.176. The van der Waals surface area contributed by atoms with Gasteiger partial charge in [0.1, 0.15) is 11.5 Å². The fourth-order valence-corrected chi connectivity index (χ4v) is 7.20. The van der Waals surface area contributed by atoms with Crippen LogP contribution in [0.5, 0.6) is 11.5 Å². The summed E-state index contributed by atoms with van der Waals surface area (Å²) in [5.74, 6) is 3.72. The van der Waals surface area contributed by atoms with E-state index in [2.05, 4.69) is 140 Å². The first-order valence-electron chi connectivity index (χ1n) is 17.8. The number of nitrogens with zero attached hydrogens (tertiary/aromatic N) is 3. The highest BCUT2D eigenvalue weighted by Gasteiger charge is 2.20. The summed E-state index contributed by atoms with van der Waals surface area (Å²) in [5.41, 5.74) is 12.0. The van der Waals surface area contributed by atoms with E-state index in [4.69, 9.17) is 19.7 Å². The van der Waals surface area contributed by atoms with Gasteiger partial charge in [0.15, 0.2) is 17.5 Å². The van der Waals surface area contributed by atoms with Crippen LogP contribution in [0.3, 0.4) is 0 Å². The van der Waals surface area contributed by atoms with Crippen molar-refractivity contribution in [2.75, 3.05) is 0 Å². The average Bonchev–Trinajstić information content (AvgIpc) is 3.24. The van der Waals surface area contributed by atoms with E-state index >= 15 is 0 Å². The minimum absolute atomic E-state index is 0.637. The molecule has 1 aromatic heterocycles. The molecular formula is C49H31N3O. The third-order valence-electron chi connectivity index (χ3n) is 9.97. The van der Waals surface area contributed by atoms with Gasteiger partial charge in [0, 0.05) is 27.6 Å². The number of ether oxygens (including phenoxy) is 1. The van der Waals surface area contributed by atoms with Gasteiger partial charge in [-0.05, 0) is 62.5 Å². The minimum atomic E-state index is 0.637. The monoisotopic (exact) mass is 677 g/mol. The smallest absolute Gasteiger partial charge is 0.164 e. The molecule has 9 aromatic rings. The molecule has 0 aliphatic carbocycles. The molecule has 0 atom stereocenters. The molecule has 0 saturated carbocycles. The maximum atomic E-state index is 6.32. The molecule has 53 heavy (non-hydrogen) atoms. The second kappa shape index (κ2) is 12.9. The van der Waals surface area contributed by atoms with Crippen molar-refractivity contribution in [2.24, 2.45) is 0 Å². The molecule has 8 aromatic carbocycles. The standard InChI is InChI=1S/C49H31N3O/c1-3-9-32(10-4-1)33-21-25-39(26-22-33)48-50-47(38-11-5-2-6-12-38)51-49(52-48)40-27-23-35(24-28-40)34-17-19-36(20-18-34)41-29-30-44-43(31-41)42-15-7-13-37-14-8-16-45(53-44)46(37)42/h1-31H. The highest BCUT2D eigenvalue weighted by molar-refractivity contribution is 6.04. The predicted octanol–water partition coefficient (Wildman–Crippen LogP) is 12.8. The summed E-state index contributed by atoms with van der Waals surface area (Å²) in [4.78, 5) is 14.8. The summed E-state index contributed by atoms with van der Waals surface area (Å²) >= 11 is 0. The Labute approximate surface area is 307 Å². The van der Waals surface area contributed by atoms with E-state index in [-0.39, 0.29) is 0 Å². The van der Waals surface area contributed by atoms with E-state index in [1.54, 1.807) is 0 Å². The molecule has 0 N–H and O–H groups in total. The summed E-state index contributed by atoms with van der Waals surface area (Å²) < 4.78 is 6.32. The molecule has 0 amide bonds. The van der Waals surface area contributed by atoms with Crippen molar-refractivity contribution < 1.29 is 4.74 Å². The van der Waals surface area contributed by atoms with E-state index < -0.39 is 0 Å². The zero-order valence-electron chi connectivity index (χ0n) is 28.6. The number of fused-ring (bicyclic) bond motifs is 2. The van der Waals surface area contributed by atoms with Gasteiger partial charge in [0.05, 0.1) is 0 Å². The van der Waals surface area contributed by atoms with Crippen molar-refractivity contribution in [1.29, 1.82) is 0 Å². The van der Waals surface area contributed by atoms with Crippen LogP contribution in [-0.4, -0.2) is 15.0 Å². The van der Waals surface area contributed by atoms with Gasteiger partial charge in [-0.15, -0.1) is 0 Å². The molecule has 10 rings (SSSR count). The Hall–Kier alpha value is -7.17. The predicted molar refractivity (Wildman–Crippen MR) is 215 cm³/mol. The Bertz CT molecular complexity index is 2760. The number of aromatic nitrogens is 3. The lowest BCUT2D eigenvalue weighted by Crippen LogP contribution is -2.00. The van der Waals surface area contributed by atoms with Crippen LogP contribution < -0.4 is 4.74 Å². The molecule has 248 valence electrons. The second-order valence-electron chi connectivity index (χ2n) is 13.2. The van der Waals surface area contributed by atoms with Crippen LogP contribution >= 0.6 is 0 Å². The SMILES string of the molecule is c1ccc(-c2ccc(-c3nc(-c4ccccc4)nc(-c4ccc(-c5ccc(-c6ccc7c(c6)-c6cccc8cccc(c68)O7)cc5)cc4)n3)cc2)cc1. The average molecular weight is 678 g/mol. The number of hydrogen-bond acceptors (Lipinski definition) is 4. The largest absolute Gasteiger partial charge is 0.456 e. The fraction of sp³-hybridized carbons (Fsp3) is 0. The zero-order chi connectivity index (χ0) is 35.1. The van der Waals surface area contributed by atoms with Crippen molar-refractivity contribution in [3.8, 4) is 90.2 Å². The van der Waals surface area contributed by atoms with Gasteiger partial charge in [0.2, 0.25) is 0 Å². The first-order valence-corrected chi connectivity index (χ1v) is 17.8. The molecule has 0 saturated heterocycles. The van der Waals surface area contributed by atoms with Crippen LogP contribution in [-0.2, 0) is 0 Å². The minimum Gasteiger partial charge on any atom is -0.456 e. The molecule has 0 radical (unpaired) electrons. The maximum Gasteiger partial charge on any atom is 0.164 e. The highest BCUT2D eigenvalue weighted by Crippen LogP contribution is 2.47. The Morgan fingerprint density at radius 1 is 0.283 bits per heavy atom.